The fraction of sp³-hybridized carbons (Fsp3) is 0.214. The van der Waals surface area contributed by atoms with E-state index in [1.807, 2.05) is 24.3 Å². The molecule has 110 valence electrons. The second kappa shape index (κ2) is 6.19. The van der Waals surface area contributed by atoms with Gasteiger partial charge >= 0.3 is 0 Å². The molecular weight excluding hydrogens is 270 g/mol. The fourth-order valence-electron chi connectivity index (χ4n) is 2.16. The van der Waals surface area contributed by atoms with E-state index in [0.717, 1.165) is 16.5 Å². The molecule has 0 saturated heterocycles. The average molecular weight is 287 g/mol. The Balaban J connectivity index is 2.51. The molecule has 0 radical (unpaired) electrons. The molecule has 6 N–H and O–H groups in total. The van der Waals surface area contributed by atoms with Gasteiger partial charge in [-0.2, -0.15) is 0 Å². The SMILES string of the molecule is NCc1cc(N(CC(N)=O)CC(N)=O)nc2ccccc12. The Kier molecular flexibility index (Phi) is 4.34. The maximum Gasteiger partial charge on any atom is 0.237 e. The van der Waals surface area contributed by atoms with Crippen molar-refractivity contribution in [3.8, 4) is 0 Å². The summed E-state index contributed by atoms with van der Waals surface area (Å²) in [5, 5.41) is 0.932. The average Bonchev–Trinajstić information content (AvgIpc) is 2.44. The third-order valence-corrected chi connectivity index (χ3v) is 3.03. The number of amides is 2. The number of anilines is 1. The van der Waals surface area contributed by atoms with Crippen LogP contribution in [-0.4, -0.2) is 29.9 Å². The van der Waals surface area contributed by atoms with Crippen molar-refractivity contribution in [3.63, 3.8) is 0 Å². The zero-order valence-electron chi connectivity index (χ0n) is 11.5. The van der Waals surface area contributed by atoms with E-state index in [9.17, 15) is 9.59 Å². The normalized spacial score (nSPS) is 10.5. The molecule has 0 aliphatic carbocycles. The highest BCUT2D eigenvalue weighted by Crippen LogP contribution is 2.22. The number of hydrogen-bond donors (Lipinski definition) is 3. The highest BCUT2D eigenvalue weighted by Gasteiger charge is 2.15. The Labute approximate surface area is 121 Å². The maximum absolute atomic E-state index is 11.2. The minimum Gasteiger partial charge on any atom is -0.368 e. The topological polar surface area (TPSA) is 128 Å². The van der Waals surface area contributed by atoms with E-state index in [-0.39, 0.29) is 13.1 Å². The molecule has 1 aromatic heterocycles. The van der Waals surface area contributed by atoms with Gasteiger partial charge in [0, 0.05) is 11.9 Å². The molecule has 7 heteroatoms. The van der Waals surface area contributed by atoms with Crippen molar-refractivity contribution in [3.05, 3.63) is 35.9 Å². The molecule has 1 aromatic carbocycles. The van der Waals surface area contributed by atoms with Crippen LogP contribution in [0.2, 0.25) is 0 Å². The molecule has 2 aromatic rings. The Hall–Kier alpha value is -2.67. The molecule has 7 nitrogen and oxygen atoms in total. The quantitative estimate of drug-likeness (QED) is 0.658. The van der Waals surface area contributed by atoms with Crippen molar-refractivity contribution in [1.82, 2.24) is 4.98 Å². The molecule has 0 unspecified atom stereocenters. The first-order valence-corrected chi connectivity index (χ1v) is 6.41. The molecule has 0 aliphatic heterocycles. The van der Waals surface area contributed by atoms with Gasteiger partial charge in [0.2, 0.25) is 11.8 Å². The van der Waals surface area contributed by atoms with Crippen LogP contribution in [0, 0.1) is 0 Å². The van der Waals surface area contributed by atoms with Gasteiger partial charge in [-0.05, 0) is 17.7 Å². The van der Waals surface area contributed by atoms with E-state index in [4.69, 9.17) is 17.2 Å². The van der Waals surface area contributed by atoms with Crippen molar-refractivity contribution >= 4 is 28.5 Å². The zero-order valence-corrected chi connectivity index (χ0v) is 11.5. The number of primary amides is 2. The lowest BCUT2D eigenvalue weighted by atomic mass is 10.1. The summed E-state index contributed by atoms with van der Waals surface area (Å²) in [5.41, 5.74) is 17.8. The predicted octanol–water partition coefficient (Wildman–Crippen LogP) is -0.529. The van der Waals surface area contributed by atoms with Crippen LogP contribution in [-0.2, 0) is 16.1 Å². The summed E-state index contributed by atoms with van der Waals surface area (Å²) in [4.78, 5) is 28.2. The van der Waals surface area contributed by atoms with Gasteiger partial charge in [-0.15, -0.1) is 0 Å². The van der Waals surface area contributed by atoms with Crippen LogP contribution in [0.5, 0.6) is 0 Å². The van der Waals surface area contributed by atoms with Crippen molar-refractivity contribution in [2.75, 3.05) is 18.0 Å². The molecule has 0 spiro atoms. The lowest BCUT2D eigenvalue weighted by molar-refractivity contribution is -0.117. The van der Waals surface area contributed by atoms with Gasteiger partial charge in [-0.25, -0.2) is 4.98 Å². The summed E-state index contributed by atoms with van der Waals surface area (Å²) >= 11 is 0. The Morgan fingerprint density at radius 1 is 1.10 bits per heavy atom. The summed E-state index contributed by atoms with van der Waals surface area (Å²) in [6, 6.07) is 9.25. The third-order valence-electron chi connectivity index (χ3n) is 3.03. The number of para-hydroxylation sites is 1. The standard InChI is InChI=1S/C14H17N5O2/c15-6-9-5-14(18-11-4-2-1-3-10(9)11)19(7-12(16)20)8-13(17)21/h1-5H,6-8,15H2,(H2,16,20)(H2,17,21). The molecule has 2 rings (SSSR count). The number of benzene rings is 1. The summed E-state index contributed by atoms with van der Waals surface area (Å²) in [7, 11) is 0. The third kappa shape index (κ3) is 3.46. The van der Waals surface area contributed by atoms with Crippen LogP contribution in [0.15, 0.2) is 30.3 Å². The van der Waals surface area contributed by atoms with Crippen molar-refractivity contribution < 1.29 is 9.59 Å². The van der Waals surface area contributed by atoms with E-state index in [2.05, 4.69) is 4.98 Å². The van der Waals surface area contributed by atoms with Crippen LogP contribution in [0.1, 0.15) is 5.56 Å². The molecule has 0 bridgehead atoms. The van der Waals surface area contributed by atoms with Crippen LogP contribution in [0.4, 0.5) is 5.82 Å². The molecule has 0 fully saturated rings. The largest absolute Gasteiger partial charge is 0.368 e. The number of carbonyl (C=O) groups is 2. The highest BCUT2D eigenvalue weighted by atomic mass is 16.2. The summed E-state index contributed by atoms with van der Waals surface area (Å²) in [6.07, 6.45) is 0. The number of rotatable bonds is 6. The van der Waals surface area contributed by atoms with Crippen LogP contribution >= 0.6 is 0 Å². The number of nitrogens with zero attached hydrogens (tertiary/aromatic N) is 2. The first-order valence-electron chi connectivity index (χ1n) is 6.41. The van der Waals surface area contributed by atoms with Gasteiger partial charge in [0.25, 0.3) is 0 Å². The number of nitrogens with two attached hydrogens (primary N) is 3. The number of aromatic nitrogens is 1. The molecule has 1 heterocycles. The highest BCUT2D eigenvalue weighted by molar-refractivity contribution is 5.87. The zero-order chi connectivity index (χ0) is 15.4. The molecule has 21 heavy (non-hydrogen) atoms. The minimum atomic E-state index is -0.569. The predicted molar refractivity (Wildman–Crippen MR) is 80.2 cm³/mol. The fourth-order valence-corrected chi connectivity index (χ4v) is 2.16. The van der Waals surface area contributed by atoms with E-state index >= 15 is 0 Å². The second-order valence-corrected chi connectivity index (χ2v) is 4.65. The Morgan fingerprint density at radius 3 is 2.29 bits per heavy atom. The monoisotopic (exact) mass is 287 g/mol. The van der Waals surface area contributed by atoms with E-state index < -0.39 is 11.8 Å². The molecule has 2 amide bonds. The first kappa shape index (κ1) is 14.7. The van der Waals surface area contributed by atoms with Gasteiger partial charge in [0.05, 0.1) is 18.6 Å². The smallest absolute Gasteiger partial charge is 0.237 e. The first-order chi connectivity index (χ1) is 10.0. The minimum absolute atomic E-state index is 0.141. The summed E-state index contributed by atoms with van der Waals surface area (Å²) in [5.74, 6) is -0.687. The number of carbonyl (C=O) groups excluding carboxylic acids is 2. The van der Waals surface area contributed by atoms with Gasteiger partial charge in [0.1, 0.15) is 5.82 Å². The molecular formula is C14H17N5O2. The Morgan fingerprint density at radius 2 is 1.71 bits per heavy atom. The lowest BCUT2D eigenvalue weighted by Crippen LogP contribution is -2.40. The van der Waals surface area contributed by atoms with E-state index in [0.29, 0.717) is 12.4 Å². The number of hydrogen-bond acceptors (Lipinski definition) is 5. The van der Waals surface area contributed by atoms with Gasteiger partial charge < -0.3 is 22.1 Å². The Bertz CT molecular complexity index is 670. The number of pyridine rings is 1. The number of fused-ring (bicyclic) bond motifs is 1. The van der Waals surface area contributed by atoms with Crippen LogP contribution in [0.3, 0.4) is 0 Å². The molecule has 0 saturated carbocycles. The molecule has 0 aliphatic rings. The van der Waals surface area contributed by atoms with Crippen molar-refractivity contribution in [2.24, 2.45) is 17.2 Å². The van der Waals surface area contributed by atoms with Gasteiger partial charge in [-0.1, -0.05) is 18.2 Å². The summed E-state index contributed by atoms with van der Waals surface area (Å²) < 4.78 is 0. The van der Waals surface area contributed by atoms with Crippen LogP contribution < -0.4 is 22.1 Å². The van der Waals surface area contributed by atoms with Crippen molar-refractivity contribution in [2.45, 2.75) is 6.54 Å². The van der Waals surface area contributed by atoms with Crippen LogP contribution in [0.25, 0.3) is 10.9 Å². The lowest BCUT2D eigenvalue weighted by Gasteiger charge is -2.21. The van der Waals surface area contributed by atoms with Gasteiger partial charge in [0.15, 0.2) is 0 Å². The van der Waals surface area contributed by atoms with E-state index in [1.165, 1.54) is 4.90 Å². The molecule has 0 atom stereocenters. The second-order valence-electron chi connectivity index (χ2n) is 4.65. The van der Waals surface area contributed by atoms with E-state index in [1.54, 1.807) is 6.07 Å². The van der Waals surface area contributed by atoms with Gasteiger partial charge in [-0.3, -0.25) is 9.59 Å². The van der Waals surface area contributed by atoms with Crippen molar-refractivity contribution in [1.29, 1.82) is 0 Å². The summed E-state index contributed by atoms with van der Waals surface area (Å²) in [6.45, 7) is 0.0353. The maximum atomic E-state index is 11.2.